The van der Waals surface area contributed by atoms with Crippen molar-refractivity contribution in [1.29, 1.82) is 0 Å². The molecule has 2 aromatic rings. The van der Waals surface area contributed by atoms with Gasteiger partial charge in [0.1, 0.15) is 0 Å². The summed E-state index contributed by atoms with van der Waals surface area (Å²) in [5.41, 5.74) is 0. The number of benzene rings is 2. The highest BCUT2D eigenvalue weighted by molar-refractivity contribution is 5.43. The van der Waals surface area contributed by atoms with Gasteiger partial charge in [0.2, 0.25) is 25.1 Å². The van der Waals surface area contributed by atoms with E-state index >= 15 is 0 Å². The summed E-state index contributed by atoms with van der Waals surface area (Å²) in [6.45, 7) is -0.589. The summed E-state index contributed by atoms with van der Waals surface area (Å²) in [5, 5.41) is 0. The molecule has 0 saturated heterocycles. The molecule has 0 fully saturated rings. The Bertz CT molecular complexity index is 577. The molecule has 2 aromatic carbocycles. The molecule has 0 aliphatic carbocycles. The van der Waals surface area contributed by atoms with E-state index in [2.05, 4.69) is 0 Å². The number of para-hydroxylation sites is 2. The van der Waals surface area contributed by atoms with E-state index < -0.39 is 11.6 Å². The molecule has 0 radical (unpaired) electrons. The number of hydrogen-bond donors (Lipinski definition) is 0. The molecule has 0 amide bonds. The van der Waals surface area contributed by atoms with Gasteiger partial charge in [-0.2, -0.15) is 0 Å². The highest BCUT2D eigenvalue weighted by Gasteiger charge is 2.17. The summed E-state index contributed by atoms with van der Waals surface area (Å²) >= 11 is 0. The lowest BCUT2D eigenvalue weighted by Crippen LogP contribution is -2.14. The summed E-state index contributed by atoms with van der Waals surface area (Å²) < 4.78 is 48.1. The fourth-order valence-electron chi connectivity index (χ4n) is 1.79. The fourth-order valence-corrected chi connectivity index (χ4v) is 1.79. The second-order valence-corrected chi connectivity index (χ2v) is 3.95. The molecule has 1 aliphatic rings. The molecule has 0 atom stereocenters. The van der Waals surface area contributed by atoms with Crippen LogP contribution in [0.15, 0.2) is 36.4 Å². The molecule has 1 aliphatic heterocycles. The van der Waals surface area contributed by atoms with Gasteiger partial charge >= 0.3 is 0 Å². The Kier molecular flexibility index (Phi) is 3.28. The minimum Gasteiger partial charge on any atom is -0.453 e. The maximum absolute atomic E-state index is 13.6. The van der Waals surface area contributed by atoms with E-state index in [-0.39, 0.29) is 36.6 Å². The average Bonchev–Trinajstić information content (AvgIpc) is 2.44. The van der Waals surface area contributed by atoms with Crippen LogP contribution in [0.3, 0.4) is 0 Å². The molecule has 104 valence electrons. The van der Waals surface area contributed by atoms with Crippen LogP contribution in [0, 0.1) is 11.6 Å². The van der Waals surface area contributed by atoms with Crippen molar-refractivity contribution >= 4 is 0 Å². The van der Waals surface area contributed by atoms with E-state index in [1.807, 2.05) is 0 Å². The number of hydrogen-bond acceptors (Lipinski definition) is 4. The monoisotopic (exact) mass is 280 g/mol. The number of ether oxygens (including phenoxy) is 4. The van der Waals surface area contributed by atoms with Crippen molar-refractivity contribution in [2.24, 2.45) is 0 Å². The Morgan fingerprint density at radius 2 is 1.10 bits per heavy atom. The van der Waals surface area contributed by atoms with Gasteiger partial charge in [0.05, 0.1) is 0 Å². The molecule has 6 heteroatoms. The van der Waals surface area contributed by atoms with E-state index in [4.69, 9.17) is 18.9 Å². The van der Waals surface area contributed by atoms with Crippen LogP contribution in [0.4, 0.5) is 8.78 Å². The number of halogens is 2. The Labute approximate surface area is 113 Å². The molecule has 3 rings (SSSR count). The van der Waals surface area contributed by atoms with Crippen LogP contribution in [-0.2, 0) is 0 Å². The largest absolute Gasteiger partial charge is 0.453 e. The first-order chi connectivity index (χ1) is 9.75. The van der Waals surface area contributed by atoms with Gasteiger partial charge in [-0.1, -0.05) is 12.1 Å². The summed E-state index contributed by atoms with van der Waals surface area (Å²) in [6, 6.07) is 8.49. The maximum Gasteiger partial charge on any atom is 0.231 e. The van der Waals surface area contributed by atoms with Crippen LogP contribution in [-0.4, -0.2) is 13.6 Å². The normalized spacial score (nSPS) is 13.7. The van der Waals surface area contributed by atoms with E-state index in [1.165, 1.54) is 36.4 Å². The van der Waals surface area contributed by atoms with Gasteiger partial charge in [0.25, 0.3) is 0 Å². The molecule has 0 bridgehead atoms. The second-order valence-electron chi connectivity index (χ2n) is 3.95. The van der Waals surface area contributed by atoms with Crippen molar-refractivity contribution in [3.8, 4) is 23.0 Å². The molecule has 0 N–H and O–H groups in total. The van der Waals surface area contributed by atoms with Crippen molar-refractivity contribution in [2.45, 2.75) is 0 Å². The highest BCUT2D eigenvalue weighted by atomic mass is 19.1. The first-order valence-corrected chi connectivity index (χ1v) is 5.84. The fraction of sp³-hybridized carbons (Fsp3) is 0.143. The van der Waals surface area contributed by atoms with Crippen molar-refractivity contribution in [2.75, 3.05) is 13.6 Å². The Morgan fingerprint density at radius 1 is 0.650 bits per heavy atom. The maximum atomic E-state index is 13.6. The lowest BCUT2D eigenvalue weighted by atomic mass is 10.3. The Hall–Kier alpha value is -2.50. The molecule has 0 spiro atoms. The van der Waals surface area contributed by atoms with Crippen molar-refractivity contribution in [1.82, 2.24) is 0 Å². The lowest BCUT2D eigenvalue weighted by Gasteiger charge is -2.18. The van der Waals surface area contributed by atoms with Crippen LogP contribution in [0.5, 0.6) is 23.0 Å². The molecule has 0 saturated carbocycles. The van der Waals surface area contributed by atoms with Crippen LogP contribution >= 0.6 is 0 Å². The predicted octanol–water partition coefficient (Wildman–Crippen LogP) is 3.11. The first kappa shape index (κ1) is 12.5. The van der Waals surface area contributed by atoms with Crippen molar-refractivity contribution in [3.63, 3.8) is 0 Å². The molecule has 0 aromatic heterocycles. The van der Waals surface area contributed by atoms with Gasteiger partial charge in [0.15, 0.2) is 23.1 Å². The van der Waals surface area contributed by atoms with Gasteiger partial charge in [-0.15, -0.1) is 0 Å². The Morgan fingerprint density at radius 3 is 1.60 bits per heavy atom. The molecule has 20 heavy (non-hydrogen) atoms. The molecule has 4 nitrogen and oxygen atoms in total. The van der Waals surface area contributed by atoms with Gasteiger partial charge in [-0.05, 0) is 24.3 Å². The summed E-state index contributed by atoms with van der Waals surface area (Å²) in [6.07, 6.45) is 0. The van der Waals surface area contributed by atoms with E-state index in [9.17, 15) is 8.78 Å². The van der Waals surface area contributed by atoms with Crippen LogP contribution in [0.25, 0.3) is 0 Å². The lowest BCUT2D eigenvalue weighted by molar-refractivity contribution is 0.0665. The predicted molar refractivity (Wildman–Crippen MR) is 65.0 cm³/mol. The zero-order chi connectivity index (χ0) is 13.9. The zero-order valence-electron chi connectivity index (χ0n) is 10.3. The van der Waals surface area contributed by atoms with Gasteiger partial charge < -0.3 is 18.9 Å². The van der Waals surface area contributed by atoms with E-state index in [0.717, 1.165) is 0 Å². The average molecular weight is 280 g/mol. The minimum atomic E-state index is -0.597. The standard InChI is InChI=1S/C14H10F2O4/c15-9-3-1-5-11-13(9)19-8-20-14-10(16)4-2-6-12(14)18-7-17-11/h1-6H,7-8H2. The smallest absolute Gasteiger partial charge is 0.231 e. The van der Waals surface area contributed by atoms with Gasteiger partial charge in [0, 0.05) is 0 Å². The third-order valence-electron chi connectivity index (χ3n) is 2.70. The number of fused-ring (bicyclic) bond motifs is 2. The van der Waals surface area contributed by atoms with Crippen LogP contribution in [0.1, 0.15) is 0 Å². The highest BCUT2D eigenvalue weighted by Crippen LogP contribution is 2.34. The number of rotatable bonds is 0. The van der Waals surface area contributed by atoms with Crippen molar-refractivity contribution < 1.29 is 27.7 Å². The first-order valence-electron chi connectivity index (χ1n) is 5.84. The van der Waals surface area contributed by atoms with E-state index in [0.29, 0.717) is 0 Å². The zero-order valence-corrected chi connectivity index (χ0v) is 10.3. The quantitative estimate of drug-likeness (QED) is 0.743. The molecule has 0 unspecified atom stereocenters. The SMILES string of the molecule is Fc1cccc2c1OCOc1c(F)cccc1OCO2. The third kappa shape index (κ3) is 2.32. The summed E-state index contributed by atoms with van der Waals surface area (Å²) in [7, 11) is 0. The van der Waals surface area contributed by atoms with Crippen LogP contribution in [0.2, 0.25) is 0 Å². The second kappa shape index (κ2) is 5.24. The Balaban J connectivity index is 1.91. The molecular formula is C14H10F2O4. The third-order valence-corrected chi connectivity index (χ3v) is 2.70. The van der Waals surface area contributed by atoms with Gasteiger partial charge in [-0.25, -0.2) is 8.78 Å². The molecule has 1 heterocycles. The van der Waals surface area contributed by atoms with Crippen LogP contribution < -0.4 is 18.9 Å². The van der Waals surface area contributed by atoms with Crippen molar-refractivity contribution in [3.05, 3.63) is 48.0 Å². The minimum absolute atomic E-state index is 0.101. The van der Waals surface area contributed by atoms with E-state index in [1.54, 1.807) is 0 Å². The van der Waals surface area contributed by atoms with Gasteiger partial charge in [-0.3, -0.25) is 0 Å². The molecular weight excluding hydrogens is 270 g/mol. The summed E-state index contributed by atoms with van der Waals surface area (Å²) in [4.78, 5) is 0. The summed E-state index contributed by atoms with van der Waals surface area (Å²) in [5.74, 6) is -1.02. The topological polar surface area (TPSA) is 36.9 Å².